The number of aromatic nitrogens is 2. The zero-order valence-corrected chi connectivity index (χ0v) is 18.4. The molecule has 2 aromatic carbocycles. The van der Waals surface area contributed by atoms with Crippen molar-refractivity contribution in [3.8, 4) is 17.2 Å². The highest BCUT2D eigenvalue weighted by Crippen LogP contribution is 2.28. The van der Waals surface area contributed by atoms with E-state index in [-0.39, 0.29) is 17.9 Å². The molecule has 0 unspecified atom stereocenters. The lowest BCUT2D eigenvalue weighted by Crippen LogP contribution is -2.31. The van der Waals surface area contributed by atoms with Crippen LogP contribution in [0.2, 0.25) is 0 Å². The van der Waals surface area contributed by atoms with Gasteiger partial charge < -0.3 is 14.8 Å². The summed E-state index contributed by atoms with van der Waals surface area (Å²) in [6, 6.07) is 12.6. The molecule has 0 fully saturated rings. The summed E-state index contributed by atoms with van der Waals surface area (Å²) in [7, 11) is 1.55. The molecule has 0 aliphatic carbocycles. The van der Waals surface area contributed by atoms with Crippen molar-refractivity contribution in [2.75, 3.05) is 13.7 Å². The summed E-state index contributed by atoms with van der Waals surface area (Å²) >= 11 is 0. The van der Waals surface area contributed by atoms with Crippen molar-refractivity contribution >= 4 is 5.91 Å². The summed E-state index contributed by atoms with van der Waals surface area (Å²) in [5.41, 5.74) is 0.484. The Morgan fingerprint density at radius 2 is 1.94 bits per heavy atom. The molecule has 3 aromatic rings. The number of aryl methyl sites for hydroxylation is 1. The van der Waals surface area contributed by atoms with Gasteiger partial charge in [-0.2, -0.15) is 5.10 Å². The normalized spacial score (nSPS) is 10.6. The second kappa shape index (κ2) is 10.6. The lowest BCUT2D eigenvalue weighted by atomic mass is 10.2. The number of methoxy groups -OCH3 is 1. The zero-order chi connectivity index (χ0) is 23.1. The molecule has 0 aliphatic heterocycles. The Balaban J connectivity index is 1.77. The molecule has 0 saturated carbocycles. The first-order chi connectivity index (χ1) is 15.4. The van der Waals surface area contributed by atoms with Crippen LogP contribution >= 0.6 is 0 Å². The quantitative estimate of drug-likeness (QED) is 0.513. The molecule has 32 heavy (non-hydrogen) atoms. The Bertz CT molecular complexity index is 1160. The zero-order valence-electron chi connectivity index (χ0n) is 18.4. The van der Waals surface area contributed by atoms with Crippen LogP contribution in [0.1, 0.15) is 41.5 Å². The van der Waals surface area contributed by atoms with E-state index in [1.165, 1.54) is 22.9 Å². The van der Waals surface area contributed by atoms with Crippen LogP contribution in [0, 0.1) is 12.7 Å². The number of unbranched alkanes of at least 4 members (excludes halogenated alkanes) is 1. The highest BCUT2D eigenvalue weighted by molar-refractivity contribution is 5.92. The smallest absolute Gasteiger partial charge is 0.276 e. The van der Waals surface area contributed by atoms with Gasteiger partial charge in [0, 0.05) is 18.3 Å². The lowest BCUT2D eigenvalue weighted by molar-refractivity contribution is 0.0943. The molecule has 3 rings (SSSR count). The van der Waals surface area contributed by atoms with E-state index in [4.69, 9.17) is 9.47 Å². The molecule has 7 nitrogen and oxygen atoms in total. The number of para-hydroxylation sites is 1. The Morgan fingerprint density at radius 3 is 2.66 bits per heavy atom. The van der Waals surface area contributed by atoms with Crippen LogP contribution < -0.4 is 20.2 Å². The molecule has 0 spiro atoms. The number of carbonyl (C=O) groups excluding carboxylic acids is 1. The van der Waals surface area contributed by atoms with Gasteiger partial charge in [0.15, 0.2) is 17.2 Å². The average Bonchev–Trinajstić information content (AvgIpc) is 2.79. The van der Waals surface area contributed by atoms with Crippen molar-refractivity contribution < 1.29 is 18.7 Å². The maximum Gasteiger partial charge on any atom is 0.276 e. The van der Waals surface area contributed by atoms with Crippen molar-refractivity contribution in [3.63, 3.8) is 0 Å². The molecule has 168 valence electrons. The van der Waals surface area contributed by atoms with Crippen LogP contribution in [-0.4, -0.2) is 29.4 Å². The fourth-order valence-corrected chi connectivity index (χ4v) is 3.11. The molecule has 0 atom stereocenters. The Morgan fingerprint density at radius 1 is 1.16 bits per heavy atom. The SMILES string of the molecule is CCCCOc1ccc(CNC(=O)c2nn(-c3ccccc3F)c(C)cc2=O)cc1OC. The minimum Gasteiger partial charge on any atom is -0.493 e. The molecule has 0 saturated heterocycles. The third-order valence-electron chi connectivity index (χ3n) is 4.84. The second-order valence-electron chi connectivity index (χ2n) is 7.23. The molecule has 8 heteroatoms. The van der Waals surface area contributed by atoms with Gasteiger partial charge in [0.05, 0.1) is 13.7 Å². The van der Waals surface area contributed by atoms with Crippen LogP contribution in [0.25, 0.3) is 5.69 Å². The Kier molecular flexibility index (Phi) is 7.59. The summed E-state index contributed by atoms with van der Waals surface area (Å²) in [4.78, 5) is 25.0. The van der Waals surface area contributed by atoms with E-state index in [1.807, 2.05) is 6.07 Å². The van der Waals surface area contributed by atoms with Gasteiger partial charge in [0.2, 0.25) is 5.43 Å². The molecule has 0 radical (unpaired) electrons. The van der Waals surface area contributed by atoms with E-state index < -0.39 is 17.2 Å². The minimum absolute atomic E-state index is 0.152. The van der Waals surface area contributed by atoms with E-state index in [1.54, 1.807) is 38.3 Å². The van der Waals surface area contributed by atoms with Gasteiger partial charge in [-0.25, -0.2) is 9.07 Å². The first-order valence-electron chi connectivity index (χ1n) is 10.4. The van der Waals surface area contributed by atoms with Gasteiger partial charge >= 0.3 is 0 Å². The number of hydrogen-bond acceptors (Lipinski definition) is 5. The van der Waals surface area contributed by atoms with Crippen molar-refractivity contribution in [2.24, 2.45) is 0 Å². The number of benzene rings is 2. The van der Waals surface area contributed by atoms with Crippen LogP contribution in [0.15, 0.2) is 53.3 Å². The standard InChI is InChI=1S/C24H26FN3O4/c1-4-5-12-32-21-11-10-17(14-22(21)31-3)15-26-24(30)23-20(29)13-16(2)28(27-23)19-9-7-6-8-18(19)25/h6-11,13-14H,4-5,12,15H2,1-3H3,(H,26,30). The summed E-state index contributed by atoms with van der Waals surface area (Å²) in [5, 5.41) is 6.80. The maximum atomic E-state index is 14.2. The first kappa shape index (κ1) is 23.0. The predicted molar refractivity (Wildman–Crippen MR) is 119 cm³/mol. The number of hydrogen-bond donors (Lipinski definition) is 1. The van der Waals surface area contributed by atoms with Gasteiger partial charge in [0.25, 0.3) is 5.91 Å². The molecular weight excluding hydrogens is 413 g/mol. The molecule has 0 aliphatic rings. The summed E-state index contributed by atoms with van der Waals surface area (Å²) < 4.78 is 26.5. The highest BCUT2D eigenvalue weighted by Gasteiger charge is 2.17. The summed E-state index contributed by atoms with van der Waals surface area (Å²) in [6.07, 6.45) is 1.97. The molecule has 1 heterocycles. The van der Waals surface area contributed by atoms with E-state index in [0.29, 0.717) is 23.8 Å². The van der Waals surface area contributed by atoms with Crippen LogP contribution in [0.3, 0.4) is 0 Å². The van der Waals surface area contributed by atoms with Gasteiger partial charge in [-0.15, -0.1) is 0 Å². The largest absolute Gasteiger partial charge is 0.493 e. The molecule has 1 amide bonds. The number of nitrogens with zero attached hydrogens (tertiary/aromatic N) is 2. The molecule has 0 bridgehead atoms. The summed E-state index contributed by atoms with van der Waals surface area (Å²) in [5.74, 6) is 0.0287. The topological polar surface area (TPSA) is 82.5 Å². The van der Waals surface area contributed by atoms with Gasteiger partial charge in [-0.3, -0.25) is 9.59 Å². The fourth-order valence-electron chi connectivity index (χ4n) is 3.11. The third kappa shape index (κ3) is 5.32. The number of halogens is 1. The van der Waals surface area contributed by atoms with Gasteiger partial charge in [-0.1, -0.05) is 31.5 Å². The van der Waals surface area contributed by atoms with Crippen LogP contribution in [-0.2, 0) is 6.54 Å². The fraction of sp³-hybridized carbons (Fsp3) is 0.292. The molecule has 1 aromatic heterocycles. The molecular formula is C24H26FN3O4. The Hall–Kier alpha value is -3.68. The minimum atomic E-state index is -0.651. The molecule has 1 N–H and O–H groups in total. The van der Waals surface area contributed by atoms with Crippen molar-refractivity contribution in [2.45, 2.75) is 33.2 Å². The van der Waals surface area contributed by atoms with E-state index in [0.717, 1.165) is 18.4 Å². The van der Waals surface area contributed by atoms with E-state index in [9.17, 15) is 14.0 Å². The second-order valence-corrected chi connectivity index (χ2v) is 7.23. The first-order valence-corrected chi connectivity index (χ1v) is 10.4. The van der Waals surface area contributed by atoms with Crippen molar-refractivity contribution in [3.05, 3.63) is 81.5 Å². The van der Waals surface area contributed by atoms with Crippen molar-refractivity contribution in [1.82, 2.24) is 15.1 Å². The number of rotatable bonds is 9. The monoisotopic (exact) mass is 439 g/mol. The van der Waals surface area contributed by atoms with E-state index in [2.05, 4.69) is 17.3 Å². The van der Waals surface area contributed by atoms with Gasteiger partial charge in [-0.05, 0) is 43.2 Å². The predicted octanol–water partition coefficient (Wildman–Crippen LogP) is 3.80. The number of nitrogens with one attached hydrogen (secondary N) is 1. The number of ether oxygens (including phenoxy) is 2. The third-order valence-corrected chi connectivity index (χ3v) is 4.84. The lowest BCUT2D eigenvalue weighted by Gasteiger charge is -2.13. The maximum absolute atomic E-state index is 14.2. The number of carbonyl (C=O) groups is 1. The highest BCUT2D eigenvalue weighted by atomic mass is 19.1. The van der Waals surface area contributed by atoms with Gasteiger partial charge in [0.1, 0.15) is 11.5 Å². The van der Waals surface area contributed by atoms with Crippen LogP contribution in [0.5, 0.6) is 11.5 Å². The Labute approximate surface area is 185 Å². The van der Waals surface area contributed by atoms with Crippen molar-refractivity contribution in [1.29, 1.82) is 0 Å². The number of amides is 1. The van der Waals surface area contributed by atoms with E-state index >= 15 is 0 Å². The summed E-state index contributed by atoms with van der Waals surface area (Å²) in [6.45, 7) is 4.45. The average molecular weight is 439 g/mol. The van der Waals surface area contributed by atoms with Crippen LogP contribution in [0.4, 0.5) is 4.39 Å².